The summed E-state index contributed by atoms with van der Waals surface area (Å²) in [6, 6.07) is 6.75. The number of aromatic amines is 1. The van der Waals surface area contributed by atoms with Crippen molar-refractivity contribution in [2.45, 2.75) is 38.4 Å². The lowest BCUT2D eigenvalue weighted by Crippen LogP contribution is -2.49. The molecule has 0 saturated heterocycles. The van der Waals surface area contributed by atoms with Gasteiger partial charge in [-0.25, -0.2) is 9.78 Å². The van der Waals surface area contributed by atoms with Crippen LogP contribution in [-0.2, 0) is 6.42 Å². The van der Waals surface area contributed by atoms with Crippen molar-refractivity contribution in [1.29, 1.82) is 0 Å². The maximum absolute atomic E-state index is 11.7. The largest absolute Gasteiger partial charge is 0.631 e. The maximum Gasteiger partial charge on any atom is 0.631 e. The molecule has 142 valence electrons. The van der Waals surface area contributed by atoms with E-state index in [9.17, 15) is 15.0 Å². The standard InChI is InChI=1S/C16H20N2O4.BH3O3/c1-15(2,20)16(3,21)10-11-4-6-12(7-5-11)22-14(19)13-17-8-9-18-13;2-1(3)4/h4-9,20-21H,10H2,1-3H3,(H,17,18);2-4H. The van der Waals surface area contributed by atoms with E-state index in [1.807, 2.05) is 0 Å². The van der Waals surface area contributed by atoms with Crippen LogP contribution in [-0.4, -0.2) is 59.7 Å². The zero-order valence-electron chi connectivity index (χ0n) is 14.7. The van der Waals surface area contributed by atoms with Crippen LogP contribution in [0.15, 0.2) is 36.7 Å². The van der Waals surface area contributed by atoms with Gasteiger partial charge in [-0.15, -0.1) is 0 Å². The van der Waals surface area contributed by atoms with Gasteiger partial charge < -0.3 is 35.0 Å². The molecule has 0 bridgehead atoms. The van der Waals surface area contributed by atoms with Crippen molar-refractivity contribution in [2.75, 3.05) is 0 Å². The van der Waals surface area contributed by atoms with Gasteiger partial charge in [-0.3, -0.25) is 0 Å². The molecule has 0 spiro atoms. The number of aliphatic hydroxyl groups is 2. The SMILES string of the molecule is CC(C)(O)C(C)(O)Cc1ccc(OC(=O)c2ncc[nH]2)cc1.OB(O)O. The molecule has 9 nitrogen and oxygen atoms in total. The molecule has 1 aromatic carbocycles. The minimum absolute atomic E-state index is 0.133. The van der Waals surface area contributed by atoms with E-state index >= 15 is 0 Å². The summed E-state index contributed by atoms with van der Waals surface area (Å²) < 4.78 is 5.17. The number of aromatic nitrogens is 2. The Kier molecular flexibility index (Phi) is 7.48. The van der Waals surface area contributed by atoms with Crippen molar-refractivity contribution in [3.05, 3.63) is 48.0 Å². The number of carbonyl (C=O) groups is 1. The average Bonchev–Trinajstić information content (AvgIpc) is 3.01. The third-order valence-corrected chi connectivity index (χ3v) is 3.69. The van der Waals surface area contributed by atoms with E-state index in [2.05, 4.69) is 9.97 Å². The van der Waals surface area contributed by atoms with Crippen LogP contribution < -0.4 is 4.74 Å². The topological polar surface area (TPSA) is 156 Å². The van der Waals surface area contributed by atoms with Crippen LogP contribution in [0.2, 0.25) is 0 Å². The van der Waals surface area contributed by atoms with Gasteiger partial charge in [-0.1, -0.05) is 12.1 Å². The number of nitrogens with one attached hydrogen (secondary N) is 1. The number of imidazole rings is 1. The number of ether oxygens (including phenoxy) is 1. The first-order valence-corrected chi connectivity index (χ1v) is 7.72. The van der Waals surface area contributed by atoms with E-state index in [1.54, 1.807) is 51.2 Å². The summed E-state index contributed by atoms with van der Waals surface area (Å²) in [7, 11) is -2.17. The third-order valence-electron chi connectivity index (χ3n) is 3.69. The summed E-state index contributed by atoms with van der Waals surface area (Å²) in [4.78, 5) is 18.2. The molecule has 0 amide bonds. The van der Waals surface area contributed by atoms with Gasteiger partial charge in [0.25, 0.3) is 0 Å². The van der Waals surface area contributed by atoms with Crippen LogP contribution in [0.25, 0.3) is 0 Å². The quantitative estimate of drug-likeness (QED) is 0.238. The summed E-state index contributed by atoms with van der Waals surface area (Å²) in [5.41, 5.74) is -1.67. The molecule has 1 atom stereocenters. The van der Waals surface area contributed by atoms with Gasteiger partial charge in [0.05, 0.1) is 11.2 Å². The fraction of sp³-hybridized carbons (Fsp3) is 0.375. The molecule has 0 radical (unpaired) electrons. The van der Waals surface area contributed by atoms with Crippen LogP contribution in [0.1, 0.15) is 37.0 Å². The first kappa shape index (κ1) is 21.8. The minimum atomic E-state index is -2.17. The van der Waals surface area contributed by atoms with E-state index in [1.165, 1.54) is 6.20 Å². The van der Waals surface area contributed by atoms with E-state index < -0.39 is 24.5 Å². The van der Waals surface area contributed by atoms with Crippen LogP contribution in [0, 0.1) is 0 Å². The molecule has 2 rings (SSSR count). The number of esters is 1. The normalized spacial score (nSPS) is 13.2. The number of hydrogen-bond donors (Lipinski definition) is 6. The second kappa shape index (κ2) is 8.92. The first-order valence-electron chi connectivity index (χ1n) is 7.72. The van der Waals surface area contributed by atoms with Gasteiger partial charge in [-0.2, -0.15) is 0 Å². The molecule has 2 aromatic rings. The highest BCUT2D eigenvalue weighted by Crippen LogP contribution is 2.26. The molecule has 0 aliphatic carbocycles. The Morgan fingerprint density at radius 1 is 1.15 bits per heavy atom. The highest BCUT2D eigenvalue weighted by atomic mass is 16.5. The van der Waals surface area contributed by atoms with Gasteiger partial charge in [0.15, 0.2) is 0 Å². The lowest BCUT2D eigenvalue weighted by atomic mass is 9.82. The van der Waals surface area contributed by atoms with Crippen LogP contribution >= 0.6 is 0 Å². The Labute approximate surface area is 151 Å². The van der Waals surface area contributed by atoms with E-state index in [-0.39, 0.29) is 12.2 Å². The Morgan fingerprint density at radius 3 is 2.12 bits per heavy atom. The molecule has 6 N–H and O–H groups in total. The van der Waals surface area contributed by atoms with Crippen molar-refractivity contribution < 1.29 is 34.8 Å². The van der Waals surface area contributed by atoms with Gasteiger partial charge in [0.2, 0.25) is 5.82 Å². The summed E-state index contributed by atoms with van der Waals surface area (Å²) >= 11 is 0. The van der Waals surface area contributed by atoms with Crippen LogP contribution in [0.5, 0.6) is 5.75 Å². The lowest BCUT2D eigenvalue weighted by Gasteiger charge is -2.35. The van der Waals surface area contributed by atoms with Crippen LogP contribution in [0.3, 0.4) is 0 Å². The molecule has 1 heterocycles. The van der Waals surface area contributed by atoms with E-state index in [0.29, 0.717) is 5.75 Å². The second-order valence-electron chi connectivity index (χ2n) is 6.33. The zero-order chi connectivity index (χ0) is 20.0. The van der Waals surface area contributed by atoms with Crippen molar-refractivity contribution in [1.82, 2.24) is 9.97 Å². The predicted octanol–water partition coefficient (Wildman–Crippen LogP) is -0.359. The van der Waals surface area contributed by atoms with Gasteiger partial charge in [-0.05, 0) is 38.5 Å². The van der Waals surface area contributed by atoms with Crippen molar-refractivity contribution in [3.8, 4) is 5.75 Å². The Morgan fingerprint density at radius 2 is 1.69 bits per heavy atom. The van der Waals surface area contributed by atoms with Crippen molar-refractivity contribution in [3.63, 3.8) is 0 Å². The van der Waals surface area contributed by atoms with Gasteiger partial charge in [0, 0.05) is 18.8 Å². The van der Waals surface area contributed by atoms with Gasteiger partial charge in [0.1, 0.15) is 5.75 Å². The fourth-order valence-electron chi connectivity index (χ4n) is 1.82. The molecule has 0 fully saturated rings. The van der Waals surface area contributed by atoms with E-state index in [0.717, 1.165) is 5.56 Å². The number of hydrogen-bond acceptors (Lipinski definition) is 8. The summed E-state index contributed by atoms with van der Waals surface area (Å²) in [6.07, 6.45) is 3.29. The Bertz CT molecular complexity index is 677. The van der Waals surface area contributed by atoms with E-state index in [4.69, 9.17) is 19.8 Å². The molecule has 0 aliphatic heterocycles. The molecular formula is C16H23BN2O7. The lowest BCUT2D eigenvalue weighted by molar-refractivity contribution is -0.118. The molecule has 1 aromatic heterocycles. The van der Waals surface area contributed by atoms with Crippen molar-refractivity contribution >= 4 is 13.3 Å². The summed E-state index contributed by atoms with van der Waals surface area (Å²) in [5, 5.41) is 41.8. The minimum Gasteiger partial charge on any atom is -0.421 e. The summed E-state index contributed by atoms with van der Waals surface area (Å²) in [5.74, 6) is -0.0525. The molecule has 10 heteroatoms. The Balaban J connectivity index is 0.000000765. The molecule has 0 aliphatic rings. The van der Waals surface area contributed by atoms with Crippen LogP contribution in [0.4, 0.5) is 0 Å². The number of rotatable bonds is 5. The second-order valence-corrected chi connectivity index (χ2v) is 6.33. The molecule has 0 saturated carbocycles. The molecule has 1 unspecified atom stereocenters. The number of H-pyrrole nitrogens is 1. The number of nitrogens with zero attached hydrogens (tertiary/aromatic N) is 1. The highest BCUT2D eigenvalue weighted by molar-refractivity contribution is 6.30. The molecule has 26 heavy (non-hydrogen) atoms. The Hall–Kier alpha value is -2.24. The predicted molar refractivity (Wildman–Crippen MR) is 93.0 cm³/mol. The average molecular weight is 366 g/mol. The number of carbonyl (C=O) groups excluding carboxylic acids is 1. The number of benzene rings is 1. The maximum atomic E-state index is 11.7. The first-order chi connectivity index (χ1) is 11.9. The zero-order valence-corrected chi connectivity index (χ0v) is 14.7. The monoisotopic (exact) mass is 366 g/mol. The smallest absolute Gasteiger partial charge is 0.421 e. The summed E-state index contributed by atoms with van der Waals surface area (Å²) in [6.45, 7) is 4.71. The van der Waals surface area contributed by atoms with Crippen molar-refractivity contribution in [2.24, 2.45) is 0 Å². The fourth-order valence-corrected chi connectivity index (χ4v) is 1.82. The van der Waals surface area contributed by atoms with Gasteiger partial charge >= 0.3 is 13.3 Å². The highest BCUT2D eigenvalue weighted by Gasteiger charge is 2.37. The molecular weight excluding hydrogens is 343 g/mol. The third kappa shape index (κ3) is 6.94.